The van der Waals surface area contributed by atoms with Gasteiger partial charge < -0.3 is 5.11 Å². The zero-order valence-electron chi connectivity index (χ0n) is 8.96. The Balaban J connectivity index is 1.92. The van der Waals surface area contributed by atoms with Crippen LogP contribution in [0.2, 0.25) is 0 Å². The van der Waals surface area contributed by atoms with Crippen LogP contribution in [0.1, 0.15) is 10.6 Å². The van der Waals surface area contributed by atoms with E-state index >= 15 is 0 Å². The molecule has 5 nitrogen and oxygen atoms in total. The van der Waals surface area contributed by atoms with E-state index in [1.807, 2.05) is 24.3 Å². The van der Waals surface area contributed by atoms with Crippen molar-refractivity contribution < 1.29 is 5.11 Å². The van der Waals surface area contributed by atoms with Crippen LogP contribution in [0, 0.1) is 0 Å². The summed E-state index contributed by atoms with van der Waals surface area (Å²) in [5.41, 5.74) is 3.39. The molecule has 1 heterocycles. The number of hydrogen-bond donors (Lipinski definition) is 3. The number of nitrogens with zero attached hydrogens (tertiary/aromatic N) is 2. The fourth-order valence-corrected chi connectivity index (χ4v) is 2.74. The second-order valence-electron chi connectivity index (χ2n) is 3.24. The van der Waals surface area contributed by atoms with Gasteiger partial charge in [0.1, 0.15) is 5.01 Å². The lowest BCUT2D eigenvalue weighted by Gasteiger charge is -2.00. The lowest BCUT2D eigenvalue weighted by molar-refractivity contribution is 0.282. The van der Waals surface area contributed by atoms with Gasteiger partial charge in [-0.1, -0.05) is 23.5 Å². The van der Waals surface area contributed by atoms with Gasteiger partial charge in [0.25, 0.3) is 0 Å². The van der Waals surface area contributed by atoms with Crippen molar-refractivity contribution in [3.8, 4) is 0 Å². The third-order valence-electron chi connectivity index (χ3n) is 2.06. The van der Waals surface area contributed by atoms with Crippen LogP contribution in [0.15, 0.2) is 29.2 Å². The first kappa shape index (κ1) is 12.3. The minimum absolute atomic E-state index is 0.0763. The Labute approximate surface area is 107 Å². The third kappa shape index (κ3) is 3.40. The summed E-state index contributed by atoms with van der Waals surface area (Å²) >= 11 is 3.11. The minimum Gasteiger partial charge on any atom is -0.392 e. The van der Waals surface area contributed by atoms with E-state index in [0.29, 0.717) is 5.13 Å². The highest BCUT2D eigenvalue weighted by molar-refractivity contribution is 7.98. The first-order chi connectivity index (χ1) is 8.31. The average molecular weight is 268 g/mol. The standard InChI is InChI=1S/C10H12N4OS2/c11-12-10-14-13-9(17-10)6-16-8-3-1-7(5-15)2-4-8/h1-4,15H,5-6,11H2,(H,12,14). The van der Waals surface area contributed by atoms with Crippen LogP contribution < -0.4 is 11.3 Å². The third-order valence-corrected chi connectivity index (χ3v) is 4.12. The van der Waals surface area contributed by atoms with Gasteiger partial charge in [0.2, 0.25) is 5.13 Å². The Morgan fingerprint density at radius 2 is 2.06 bits per heavy atom. The molecule has 0 aliphatic rings. The summed E-state index contributed by atoms with van der Waals surface area (Å²) in [6.45, 7) is 0.0763. The van der Waals surface area contributed by atoms with Crippen molar-refractivity contribution in [3.63, 3.8) is 0 Å². The summed E-state index contributed by atoms with van der Waals surface area (Å²) in [6, 6.07) is 7.79. The minimum atomic E-state index is 0.0763. The second kappa shape index (κ2) is 5.97. The summed E-state index contributed by atoms with van der Waals surface area (Å²) in [6.07, 6.45) is 0. The van der Waals surface area contributed by atoms with Crippen LogP contribution in [-0.2, 0) is 12.4 Å². The van der Waals surface area contributed by atoms with Crippen LogP contribution in [0.25, 0.3) is 0 Å². The van der Waals surface area contributed by atoms with Gasteiger partial charge in [0.15, 0.2) is 0 Å². The van der Waals surface area contributed by atoms with Crippen molar-refractivity contribution in [2.24, 2.45) is 5.84 Å². The predicted molar refractivity (Wildman–Crippen MR) is 69.6 cm³/mol. The quantitative estimate of drug-likeness (QED) is 0.434. The number of nitrogens with two attached hydrogens (primary N) is 1. The molecule has 4 N–H and O–H groups in total. The van der Waals surface area contributed by atoms with Crippen LogP contribution >= 0.6 is 23.1 Å². The molecule has 0 spiro atoms. The average Bonchev–Trinajstić information content (AvgIpc) is 2.85. The number of hydrogen-bond acceptors (Lipinski definition) is 7. The number of hydrazine groups is 1. The summed E-state index contributed by atoms with van der Waals surface area (Å²) in [4.78, 5) is 1.14. The summed E-state index contributed by atoms with van der Waals surface area (Å²) in [5, 5.41) is 18.3. The number of anilines is 1. The van der Waals surface area contributed by atoms with Gasteiger partial charge in [-0.05, 0) is 17.7 Å². The van der Waals surface area contributed by atoms with E-state index in [1.165, 1.54) is 11.3 Å². The molecule has 0 atom stereocenters. The molecule has 0 amide bonds. The SMILES string of the molecule is NNc1nnc(CSc2ccc(CO)cc2)s1. The van der Waals surface area contributed by atoms with Crippen molar-refractivity contribution in [1.82, 2.24) is 10.2 Å². The monoisotopic (exact) mass is 268 g/mol. The van der Waals surface area contributed by atoms with E-state index in [1.54, 1.807) is 11.8 Å². The zero-order chi connectivity index (χ0) is 12.1. The number of benzene rings is 1. The number of nitrogen functional groups attached to an aromatic ring is 1. The van der Waals surface area contributed by atoms with E-state index in [-0.39, 0.29) is 6.61 Å². The molecule has 1 aromatic carbocycles. The molecular formula is C10H12N4OS2. The highest BCUT2D eigenvalue weighted by Crippen LogP contribution is 2.25. The van der Waals surface area contributed by atoms with Gasteiger partial charge in [-0.2, -0.15) is 0 Å². The van der Waals surface area contributed by atoms with Gasteiger partial charge in [-0.15, -0.1) is 22.0 Å². The Morgan fingerprint density at radius 3 is 2.65 bits per heavy atom. The highest BCUT2D eigenvalue weighted by Gasteiger charge is 2.03. The molecule has 2 aromatic rings. The van der Waals surface area contributed by atoms with Crippen LogP contribution in [0.4, 0.5) is 5.13 Å². The lowest BCUT2D eigenvalue weighted by atomic mass is 10.2. The number of aliphatic hydroxyl groups excluding tert-OH is 1. The number of rotatable bonds is 5. The molecule has 0 saturated carbocycles. The van der Waals surface area contributed by atoms with E-state index in [0.717, 1.165) is 21.2 Å². The van der Waals surface area contributed by atoms with Crippen LogP contribution in [0.5, 0.6) is 0 Å². The van der Waals surface area contributed by atoms with Crippen LogP contribution in [-0.4, -0.2) is 15.3 Å². The lowest BCUT2D eigenvalue weighted by Crippen LogP contribution is -2.05. The fourth-order valence-electron chi connectivity index (χ4n) is 1.21. The summed E-state index contributed by atoms with van der Waals surface area (Å²) in [7, 11) is 0. The summed E-state index contributed by atoms with van der Waals surface area (Å²) < 4.78 is 0. The Morgan fingerprint density at radius 1 is 1.29 bits per heavy atom. The van der Waals surface area contributed by atoms with Gasteiger partial charge >= 0.3 is 0 Å². The number of aliphatic hydroxyl groups is 1. The molecule has 1 aromatic heterocycles. The van der Waals surface area contributed by atoms with Gasteiger partial charge in [-0.25, -0.2) is 5.84 Å². The topological polar surface area (TPSA) is 84.1 Å². The largest absolute Gasteiger partial charge is 0.392 e. The molecule has 0 fully saturated rings. The molecule has 7 heteroatoms. The van der Waals surface area contributed by atoms with Crippen molar-refractivity contribution in [2.45, 2.75) is 17.3 Å². The normalized spacial score (nSPS) is 10.5. The molecule has 0 saturated heterocycles. The Bertz CT molecular complexity index is 471. The highest BCUT2D eigenvalue weighted by atomic mass is 32.2. The maximum absolute atomic E-state index is 8.92. The summed E-state index contributed by atoms with van der Waals surface area (Å²) in [5.74, 6) is 5.99. The first-order valence-corrected chi connectivity index (χ1v) is 6.73. The maximum atomic E-state index is 8.92. The second-order valence-corrected chi connectivity index (χ2v) is 5.35. The molecule has 2 rings (SSSR count). The van der Waals surface area contributed by atoms with Crippen molar-refractivity contribution >= 4 is 28.2 Å². The molecule has 0 bridgehead atoms. The molecule has 0 aliphatic carbocycles. The van der Waals surface area contributed by atoms with E-state index in [4.69, 9.17) is 10.9 Å². The Hall–Kier alpha value is -1.15. The molecule has 0 unspecified atom stereocenters. The first-order valence-electron chi connectivity index (χ1n) is 4.93. The van der Waals surface area contributed by atoms with Crippen LogP contribution in [0.3, 0.4) is 0 Å². The van der Waals surface area contributed by atoms with Crippen molar-refractivity contribution in [2.75, 3.05) is 5.43 Å². The van der Waals surface area contributed by atoms with Crippen molar-refractivity contribution in [1.29, 1.82) is 0 Å². The van der Waals surface area contributed by atoms with Crippen molar-refractivity contribution in [3.05, 3.63) is 34.8 Å². The molecular weight excluding hydrogens is 256 g/mol. The molecule has 0 aliphatic heterocycles. The Kier molecular flexibility index (Phi) is 4.32. The number of aromatic nitrogens is 2. The van der Waals surface area contributed by atoms with E-state index < -0.39 is 0 Å². The van der Waals surface area contributed by atoms with Gasteiger partial charge in [-0.3, -0.25) is 5.43 Å². The molecule has 90 valence electrons. The maximum Gasteiger partial charge on any atom is 0.219 e. The van der Waals surface area contributed by atoms with E-state index in [2.05, 4.69) is 15.6 Å². The predicted octanol–water partition coefficient (Wildman–Crippen LogP) is 1.61. The van der Waals surface area contributed by atoms with E-state index in [9.17, 15) is 0 Å². The fraction of sp³-hybridized carbons (Fsp3) is 0.200. The van der Waals surface area contributed by atoms with Gasteiger partial charge in [0.05, 0.1) is 12.4 Å². The van der Waals surface area contributed by atoms with Gasteiger partial charge in [0, 0.05) is 4.90 Å². The molecule has 0 radical (unpaired) electrons. The number of nitrogens with one attached hydrogen (secondary N) is 1. The molecule has 17 heavy (non-hydrogen) atoms. The zero-order valence-corrected chi connectivity index (χ0v) is 10.6. The smallest absolute Gasteiger partial charge is 0.219 e. The number of thioether (sulfide) groups is 1.